The second-order valence-corrected chi connectivity index (χ2v) is 7.67. The van der Waals surface area contributed by atoms with Gasteiger partial charge >= 0.3 is 0 Å². The summed E-state index contributed by atoms with van der Waals surface area (Å²) in [5.41, 5.74) is 0. The first-order chi connectivity index (χ1) is 10.2. The van der Waals surface area contributed by atoms with Crippen LogP contribution in [0.25, 0.3) is 0 Å². The van der Waals surface area contributed by atoms with E-state index in [9.17, 15) is 4.79 Å². The summed E-state index contributed by atoms with van der Waals surface area (Å²) in [5, 5.41) is 3.68. The average Bonchev–Trinajstić information content (AvgIpc) is 2.54. The van der Waals surface area contributed by atoms with Crippen LogP contribution in [0.1, 0.15) is 70.6 Å². The van der Waals surface area contributed by atoms with Crippen LogP contribution < -0.4 is 5.32 Å². The maximum absolute atomic E-state index is 12.7. The molecule has 1 saturated heterocycles. The highest BCUT2D eigenvalue weighted by Gasteiger charge is 2.35. The Hall–Kier alpha value is -0.570. The smallest absolute Gasteiger partial charge is 0.239 e. The van der Waals surface area contributed by atoms with Crippen molar-refractivity contribution in [2.75, 3.05) is 13.6 Å². The van der Waals surface area contributed by atoms with Gasteiger partial charge in [-0.25, -0.2) is 0 Å². The molecule has 1 heterocycles. The highest BCUT2D eigenvalue weighted by Crippen LogP contribution is 2.32. The molecule has 3 atom stereocenters. The van der Waals surface area contributed by atoms with Crippen LogP contribution in [0.4, 0.5) is 0 Å². The number of carbonyl (C=O) groups excluding carboxylic acids is 1. The number of amides is 1. The summed E-state index contributed by atoms with van der Waals surface area (Å²) in [6.07, 6.45) is 14.4. The zero-order chi connectivity index (χ0) is 14.7. The molecule has 0 aromatic carbocycles. The number of likely N-dealkylation sites (N-methyl/N-ethyl adjacent to an activating group) is 1. The van der Waals surface area contributed by atoms with Gasteiger partial charge in [-0.05, 0) is 50.4 Å². The maximum Gasteiger partial charge on any atom is 0.239 e. The summed E-state index contributed by atoms with van der Waals surface area (Å²) in [4.78, 5) is 14.7. The molecule has 0 bridgehead atoms. The van der Waals surface area contributed by atoms with E-state index in [4.69, 9.17) is 0 Å². The Kier molecular flexibility index (Phi) is 5.20. The van der Waals surface area contributed by atoms with Gasteiger partial charge in [0.05, 0.1) is 6.04 Å². The van der Waals surface area contributed by atoms with Gasteiger partial charge < -0.3 is 10.2 Å². The van der Waals surface area contributed by atoms with Gasteiger partial charge in [0.25, 0.3) is 0 Å². The number of hydrogen-bond donors (Lipinski definition) is 1. The van der Waals surface area contributed by atoms with Crippen molar-refractivity contribution in [3.05, 3.63) is 0 Å². The van der Waals surface area contributed by atoms with Gasteiger partial charge in [-0.15, -0.1) is 0 Å². The molecule has 1 N–H and O–H groups in total. The number of piperidine rings is 1. The Morgan fingerprint density at radius 3 is 2.48 bits per heavy atom. The fourth-order valence-electron chi connectivity index (χ4n) is 4.80. The van der Waals surface area contributed by atoms with E-state index in [1.54, 1.807) is 0 Å². The normalized spacial score (nSPS) is 34.2. The van der Waals surface area contributed by atoms with E-state index in [1.807, 2.05) is 11.9 Å². The molecule has 21 heavy (non-hydrogen) atoms. The van der Waals surface area contributed by atoms with Crippen molar-refractivity contribution in [2.24, 2.45) is 11.8 Å². The third-order valence-electron chi connectivity index (χ3n) is 6.08. The third kappa shape index (κ3) is 3.80. The molecule has 1 amide bonds. The lowest BCUT2D eigenvalue weighted by atomic mass is 9.77. The summed E-state index contributed by atoms with van der Waals surface area (Å²) in [5.74, 6) is 1.94. The van der Waals surface area contributed by atoms with Crippen molar-refractivity contribution in [1.82, 2.24) is 10.2 Å². The molecule has 0 aromatic rings. The highest BCUT2D eigenvalue weighted by molar-refractivity contribution is 5.81. The highest BCUT2D eigenvalue weighted by atomic mass is 16.2. The largest absolute Gasteiger partial charge is 0.344 e. The lowest BCUT2D eigenvalue weighted by Gasteiger charge is -2.41. The minimum atomic E-state index is 0.0953. The second-order valence-electron chi connectivity index (χ2n) is 7.67. The summed E-state index contributed by atoms with van der Waals surface area (Å²) in [6, 6.07) is 0.711. The number of hydrogen-bond acceptors (Lipinski definition) is 2. The second kappa shape index (κ2) is 7.13. The summed E-state index contributed by atoms with van der Waals surface area (Å²) in [6.45, 7) is 0.977. The fraction of sp³-hybridized carbons (Fsp3) is 0.944. The van der Waals surface area contributed by atoms with Crippen molar-refractivity contribution in [1.29, 1.82) is 0 Å². The summed E-state index contributed by atoms with van der Waals surface area (Å²) < 4.78 is 0. The molecular formula is C18H32N2O. The molecule has 3 aliphatic rings. The number of rotatable bonds is 3. The number of nitrogens with zero attached hydrogens (tertiary/aromatic N) is 1. The first-order valence-corrected chi connectivity index (χ1v) is 9.25. The van der Waals surface area contributed by atoms with Crippen molar-refractivity contribution in [3.8, 4) is 0 Å². The molecule has 1 aliphatic heterocycles. The Balaban J connectivity index is 1.49. The average molecular weight is 292 g/mol. The Morgan fingerprint density at radius 1 is 0.952 bits per heavy atom. The zero-order valence-corrected chi connectivity index (χ0v) is 13.7. The quantitative estimate of drug-likeness (QED) is 0.865. The molecule has 2 aliphatic carbocycles. The van der Waals surface area contributed by atoms with Gasteiger partial charge in [0.2, 0.25) is 5.91 Å². The molecule has 3 nitrogen and oxygen atoms in total. The monoisotopic (exact) mass is 292 g/mol. The SMILES string of the molecule is CN(CC1CCCCC1)C(=O)C1CCC2CCCCC2N1. The molecule has 3 unspecified atom stereocenters. The van der Waals surface area contributed by atoms with Crippen molar-refractivity contribution < 1.29 is 4.79 Å². The molecule has 2 saturated carbocycles. The van der Waals surface area contributed by atoms with Crippen molar-refractivity contribution >= 4 is 5.91 Å². The van der Waals surface area contributed by atoms with E-state index in [0.717, 1.165) is 24.8 Å². The van der Waals surface area contributed by atoms with Gasteiger partial charge in [0.1, 0.15) is 0 Å². The fourth-order valence-corrected chi connectivity index (χ4v) is 4.80. The van der Waals surface area contributed by atoms with E-state index >= 15 is 0 Å². The predicted molar refractivity (Wildman–Crippen MR) is 86.1 cm³/mol. The van der Waals surface area contributed by atoms with Crippen molar-refractivity contribution in [2.45, 2.75) is 82.7 Å². The number of fused-ring (bicyclic) bond motifs is 1. The predicted octanol–water partition coefficient (Wildman–Crippen LogP) is 3.34. The molecule has 0 radical (unpaired) electrons. The molecule has 120 valence electrons. The van der Waals surface area contributed by atoms with Crippen LogP contribution in [-0.2, 0) is 4.79 Å². The first-order valence-electron chi connectivity index (χ1n) is 9.25. The third-order valence-corrected chi connectivity index (χ3v) is 6.08. The van der Waals surface area contributed by atoms with Crippen LogP contribution in [0.3, 0.4) is 0 Å². The van der Waals surface area contributed by atoms with Crippen LogP contribution in [0.15, 0.2) is 0 Å². The van der Waals surface area contributed by atoms with E-state index in [1.165, 1.54) is 64.2 Å². The van der Waals surface area contributed by atoms with Gasteiger partial charge in [-0.3, -0.25) is 4.79 Å². The number of nitrogens with one attached hydrogen (secondary N) is 1. The van der Waals surface area contributed by atoms with Crippen LogP contribution in [0.2, 0.25) is 0 Å². The Bertz CT molecular complexity index is 351. The lowest BCUT2D eigenvalue weighted by Crippen LogP contribution is -2.55. The van der Waals surface area contributed by atoms with E-state index in [2.05, 4.69) is 5.32 Å². The summed E-state index contributed by atoms with van der Waals surface area (Å²) >= 11 is 0. The summed E-state index contributed by atoms with van der Waals surface area (Å²) in [7, 11) is 2.02. The lowest BCUT2D eigenvalue weighted by molar-refractivity contribution is -0.134. The molecule has 0 spiro atoms. The topological polar surface area (TPSA) is 32.3 Å². The van der Waals surface area contributed by atoms with Crippen LogP contribution in [0, 0.1) is 11.8 Å². The Labute approximate surface area is 129 Å². The van der Waals surface area contributed by atoms with Crippen molar-refractivity contribution in [3.63, 3.8) is 0 Å². The minimum absolute atomic E-state index is 0.0953. The van der Waals surface area contributed by atoms with Gasteiger partial charge in [0.15, 0.2) is 0 Å². The van der Waals surface area contributed by atoms with Gasteiger partial charge in [-0.2, -0.15) is 0 Å². The van der Waals surface area contributed by atoms with E-state index in [0.29, 0.717) is 11.9 Å². The van der Waals surface area contributed by atoms with Gasteiger partial charge in [-0.1, -0.05) is 32.1 Å². The molecular weight excluding hydrogens is 260 g/mol. The molecule has 3 fully saturated rings. The van der Waals surface area contributed by atoms with Crippen LogP contribution in [-0.4, -0.2) is 36.5 Å². The zero-order valence-electron chi connectivity index (χ0n) is 13.7. The Morgan fingerprint density at radius 2 is 1.67 bits per heavy atom. The van der Waals surface area contributed by atoms with E-state index < -0.39 is 0 Å². The molecule has 3 rings (SSSR count). The van der Waals surface area contributed by atoms with Crippen LogP contribution in [0.5, 0.6) is 0 Å². The standard InChI is InChI=1S/C18H32N2O/c1-20(13-14-7-3-2-4-8-14)18(21)17-12-11-15-9-5-6-10-16(15)19-17/h14-17,19H,2-13H2,1H3. The first kappa shape index (κ1) is 15.3. The minimum Gasteiger partial charge on any atom is -0.344 e. The van der Waals surface area contributed by atoms with E-state index in [-0.39, 0.29) is 6.04 Å². The maximum atomic E-state index is 12.7. The number of carbonyl (C=O) groups is 1. The molecule has 3 heteroatoms. The van der Waals surface area contributed by atoms with Gasteiger partial charge in [0, 0.05) is 19.6 Å². The molecule has 0 aromatic heterocycles. The van der Waals surface area contributed by atoms with Crippen LogP contribution >= 0.6 is 0 Å².